The number of aromatic nitrogens is 4. The highest BCUT2D eigenvalue weighted by Crippen LogP contribution is 2.28. The number of anilines is 1. The summed E-state index contributed by atoms with van der Waals surface area (Å²) in [6.45, 7) is 7.61. The molecule has 198 valence electrons. The molecule has 0 N–H and O–H groups in total. The number of hydrogen-bond donors (Lipinski definition) is 0. The van der Waals surface area contributed by atoms with Crippen LogP contribution in [0.3, 0.4) is 0 Å². The van der Waals surface area contributed by atoms with Gasteiger partial charge in [0.25, 0.3) is 11.8 Å². The number of amides is 1. The average Bonchev–Trinajstić information content (AvgIpc) is 3.77. The molecule has 1 atom stereocenters. The Balaban J connectivity index is 0.000000433. The third-order valence-corrected chi connectivity index (χ3v) is 7.61. The maximum absolute atomic E-state index is 13.1. The van der Waals surface area contributed by atoms with Gasteiger partial charge in [-0.2, -0.15) is 0 Å². The number of nitrogens with zero attached hydrogens (tertiary/aromatic N) is 6. The second-order valence-corrected chi connectivity index (χ2v) is 10.7. The van der Waals surface area contributed by atoms with E-state index in [1.54, 1.807) is 17.4 Å². The largest absolute Gasteiger partial charge is 0.419 e. The van der Waals surface area contributed by atoms with Gasteiger partial charge in [-0.3, -0.25) is 9.78 Å². The summed E-state index contributed by atoms with van der Waals surface area (Å²) in [4.78, 5) is 26.0. The fourth-order valence-electron chi connectivity index (χ4n) is 4.83. The normalized spacial score (nSPS) is 15.8. The van der Waals surface area contributed by atoms with Gasteiger partial charge in [0.15, 0.2) is 0 Å². The zero-order valence-electron chi connectivity index (χ0n) is 22.0. The summed E-state index contributed by atoms with van der Waals surface area (Å²) in [5.74, 6) is 1.93. The van der Waals surface area contributed by atoms with Gasteiger partial charge < -0.3 is 14.2 Å². The second kappa shape index (κ2) is 12.3. The Bertz CT molecular complexity index is 1310. The van der Waals surface area contributed by atoms with Crippen LogP contribution in [-0.4, -0.2) is 57.2 Å². The van der Waals surface area contributed by atoms with Crippen LogP contribution in [0.15, 0.2) is 57.8 Å². The van der Waals surface area contributed by atoms with Gasteiger partial charge in [0.1, 0.15) is 11.5 Å². The molecular weight excluding hydrogens is 496 g/mol. The molecule has 0 aliphatic carbocycles. The predicted octanol–water partition coefficient (Wildman–Crippen LogP) is 5.77. The number of carbonyl (C=O) groups is 1. The first kappa shape index (κ1) is 26.0. The molecule has 0 bridgehead atoms. The topological polar surface area (TPSA) is 88.3 Å². The van der Waals surface area contributed by atoms with E-state index >= 15 is 0 Å². The lowest BCUT2D eigenvalue weighted by Crippen LogP contribution is -2.28. The van der Waals surface area contributed by atoms with Crippen LogP contribution in [0.1, 0.15) is 66.0 Å². The van der Waals surface area contributed by atoms with Crippen molar-refractivity contribution in [1.29, 1.82) is 0 Å². The number of rotatable bonds is 6. The average molecular weight is 531 g/mol. The highest BCUT2D eigenvalue weighted by atomic mass is 32.1. The third-order valence-electron chi connectivity index (χ3n) is 6.90. The van der Waals surface area contributed by atoms with Crippen molar-refractivity contribution in [3.63, 3.8) is 0 Å². The van der Waals surface area contributed by atoms with Gasteiger partial charge >= 0.3 is 0 Å². The van der Waals surface area contributed by atoms with Crippen LogP contribution in [0, 0.1) is 6.92 Å². The van der Waals surface area contributed by atoms with E-state index in [4.69, 9.17) is 9.40 Å². The van der Waals surface area contributed by atoms with Crippen molar-refractivity contribution in [2.24, 2.45) is 0 Å². The second-order valence-electron chi connectivity index (χ2n) is 9.96. The number of aryl methyl sites for hydroxylation is 1. The molecular formula is C29H34N6O2S. The Hall–Kier alpha value is -3.59. The van der Waals surface area contributed by atoms with Crippen molar-refractivity contribution in [3.05, 3.63) is 76.1 Å². The molecule has 2 aliphatic heterocycles. The van der Waals surface area contributed by atoms with Gasteiger partial charge in [-0.05, 0) is 56.7 Å². The quantitative estimate of drug-likeness (QED) is 0.313. The van der Waals surface area contributed by atoms with Crippen LogP contribution < -0.4 is 4.90 Å². The van der Waals surface area contributed by atoms with E-state index < -0.39 is 0 Å². The minimum Gasteiger partial charge on any atom is -0.419 e. The lowest BCUT2D eigenvalue weighted by Gasteiger charge is -2.20. The van der Waals surface area contributed by atoms with Gasteiger partial charge in [0, 0.05) is 48.7 Å². The van der Waals surface area contributed by atoms with Gasteiger partial charge in [0.05, 0.1) is 5.51 Å². The van der Waals surface area contributed by atoms with Gasteiger partial charge in [-0.25, -0.2) is 4.98 Å². The number of pyridine rings is 1. The van der Waals surface area contributed by atoms with Crippen molar-refractivity contribution in [2.45, 2.75) is 51.9 Å². The zero-order valence-corrected chi connectivity index (χ0v) is 22.9. The van der Waals surface area contributed by atoms with Crippen LogP contribution in [0.4, 0.5) is 5.82 Å². The molecule has 1 aromatic carbocycles. The molecule has 2 aliphatic rings. The molecule has 0 saturated carbocycles. The van der Waals surface area contributed by atoms with Crippen LogP contribution in [0.5, 0.6) is 0 Å². The Morgan fingerprint density at radius 1 is 1.03 bits per heavy atom. The lowest BCUT2D eigenvalue weighted by atomic mass is 10.0. The van der Waals surface area contributed by atoms with E-state index in [1.807, 2.05) is 47.0 Å². The number of hydrogen-bond acceptors (Lipinski definition) is 8. The van der Waals surface area contributed by atoms with E-state index in [0.29, 0.717) is 23.0 Å². The SMILES string of the molecule is CC(Cc1ccccc1)c1nnc(-c2cc(C(=O)N3CCCC3)cc(N3CCCC3)n2)o1.Cc1cscn1. The Morgan fingerprint density at radius 2 is 1.76 bits per heavy atom. The first-order valence-corrected chi connectivity index (χ1v) is 14.3. The van der Waals surface area contributed by atoms with Crippen molar-refractivity contribution in [2.75, 3.05) is 31.1 Å². The highest BCUT2D eigenvalue weighted by molar-refractivity contribution is 7.07. The summed E-state index contributed by atoms with van der Waals surface area (Å²) in [7, 11) is 0. The van der Waals surface area contributed by atoms with Crippen molar-refractivity contribution >= 4 is 23.1 Å². The maximum atomic E-state index is 13.1. The molecule has 6 rings (SSSR count). The number of benzene rings is 1. The minimum absolute atomic E-state index is 0.0591. The van der Waals surface area contributed by atoms with E-state index in [1.165, 1.54) is 5.56 Å². The Morgan fingerprint density at radius 3 is 2.42 bits per heavy atom. The molecule has 0 radical (unpaired) electrons. The fraction of sp³-hybridized carbons (Fsp3) is 0.414. The summed E-state index contributed by atoms with van der Waals surface area (Å²) in [5.41, 5.74) is 5.39. The Labute approximate surface area is 227 Å². The van der Waals surface area contributed by atoms with E-state index in [2.05, 4.69) is 39.1 Å². The molecule has 2 fully saturated rings. The van der Waals surface area contributed by atoms with Gasteiger partial charge in [0.2, 0.25) is 5.89 Å². The monoisotopic (exact) mass is 530 g/mol. The Kier molecular flexibility index (Phi) is 8.43. The van der Waals surface area contributed by atoms with Crippen LogP contribution >= 0.6 is 11.3 Å². The van der Waals surface area contributed by atoms with Crippen molar-refractivity contribution < 1.29 is 9.21 Å². The molecule has 3 aromatic heterocycles. The molecule has 4 aromatic rings. The van der Waals surface area contributed by atoms with Gasteiger partial charge in [-0.1, -0.05) is 37.3 Å². The van der Waals surface area contributed by atoms with Crippen LogP contribution in [0.25, 0.3) is 11.6 Å². The van der Waals surface area contributed by atoms with E-state index in [-0.39, 0.29) is 11.8 Å². The number of thiazole rings is 1. The predicted molar refractivity (Wildman–Crippen MR) is 150 cm³/mol. The molecule has 5 heterocycles. The molecule has 9 heteroatoms. The number of likely N-dealkylation sites (tertiary alicyclic amines) is 1. The van der Waals surface area contributed by atoms with E-state index in [9.17, 15) is 4.79 Å². The third kappa shape index (κ3) is 6.45. The smallest absolute Gasteiger partial charge is 0.266 e. The minimum atomic E-state index is 0.0591. The highest BCUT2D eigenvalue weighted by Gasteiger charge is 2.25. The summed E-state index contributed by atoms with van der Waals surface area (Å²) in [6.07, 6.45) is 5.23. The maximum Gasteiger partial charge on any atom is 0.266 e. The number of carbonyl (C=O) groups excluding carboxylic acids is 1. The first-order chi connectivity index (χ1) is 18.6. The molecule has 38 heavy (non-hydrogen) atoms. The molecule has 1 amide bonds. The first-order valence-electron chi connectivity index (χ1n) is 13.4. The summed E-state index contributed by atoms with van der Waals surface area (Å²) in [5, 5.41) is 10.6. The van der Waals surface area contributed by atoms with Crippen molar-refractivity contribution in [1.82, 2.24) is 25.1 Å². The van der Waals surface area contributed by atoms with Crippen molar-refractivity contribution in [3.8, 4) is 11.6 Å². The van der Waals surface area contributed by atoms with Gasteiger partial charge in [-0.15, -0.1) is 21.5 Å². The summed E-state index contributed by atoms with van der Waals surface area (Å²) < 4.78 is 6.05. The van der Waals surface area contributed by atoms with Crippen LogP contribution in [-0.2, 0) is 6.42 Å². The lowest BCUT2D eigenvalue weighted by molar-refractivity contribution is 0.0793. The molecule has 0 spiro atoms. The fourth-order valence-corrected chi connectivity index (χ4v) is 5.37. The molecule has 2 saturated heterocycles. The molecule has 8 nitrogen and oxygen atoms in total. The van der Waals surface area contributed by atoms with E-state index in [0.717, 1.165) is 69.8 Å². The summed E-state index contributed by atoms with van der Waals surface area (Å²) >= 11 is 1.63. The molecule has 1 unspecified atom stereocenters. The standard InChI is InChI=1S/C25H29N5O2.C4H5NS/c1-18(15-19-9-3-2-4-10-19)23-27-28-24(32-23)21-16-20(25(31)30-13-7-8-14-30)17-22(26-21)29-11-5-6-12-29;1-4-2-6-3-5-4/h2-4,9-10,16-18H,5-8,11-15H2,1H3;2-3H,1H3. The zero-order chi connectivity index (χ0) is 26.3. The summed E-state index contributed by atoms with van der Waals surface area (Å²) in [6, 6.07) is 14.0. The van der Waals surface area contributed by atoms with Crippen LogP contribution in [0.2, 0.25) is 0 Å².